The average Bonchev–Trinajstić information content (AvgIpc) is 2.69. The molecule has 0 radical (unpaired) electrons. The fourth-order valence-corrected chi connectivity index (χ4v) is 2.61. The number of methoxy groups -OCH3 is 2. The van der Waals surface area contributed by atoms with Crippen molar-refractivity contribution >= 4 is 17.3 Å². The van der Waals surface area contributed by atoms with Crippen LogP contribution in [0.4, 0.5) is 11.4 Å². The van der Waals surface area contributed by atoms with E-state index in [1.54, 1.807) is 32.4 Å². The molecular weight excluding hydrogens is 342 g/mol. The lowest BCUT2D eigenvalue weighted by molar-refractivity contribution is -0.112. The van der Waals surface area contributed by atoms with Crippen LogP contribution in [0.15, 0.2) is 48.2 Å². The van der Waals surface area contributed by atoms with Crippen LogP contribution in [-0.2, 0) is 11.2 Å². The summed E-state index contributed by atoms with van der Waals surface area (Å²) in [6.45, 7) is 3.94. The van der Waals surface area contributed by atoms with Crippen LogP contribution in [0.3, 0.4) is 0 Å². The SMILES string of the molecule is CCc1cccc(C)c1NC(=O)/C(C#N)=C\Nc1cc(OC)ccc1OC. The van der Waals surface area contributed by atoms with Crippen LogP contribution in [0.2, 0.25) is 0 Å². The first-order chi connectivity index (χ1) is 13.0. The van der Waals surface area contributed by atoms with Crippen molar-refractivity contribution in [2.45, 2.75) is 20.3 Å². The van der Waals surface area contributed by atoms with E-state index in [2.05, 4.69) is 10.6 Å². The van der Waals surface area contributed by atoms with Gasteiger partial charge in [0.1, 0.15) is 23.1 Å². The topological polar surface area (TPSA) is 83.4 Å². The predicted octanol–water partition coefficient (Wildman–Crippen LogP) is 4.03. The van der Waals surface area contributed by atoms with Gasteiger partial charge < -0.3 is 20.1 Å². The summed E-state index contributed by atoms with van der Waals surface area (Å²) in [7, 11) is 3.10. The molecule has 0 atom stereocenters. The van der Waals surface area contributed by atoms with Crippen LogP contribution in [0, 0.1) is 18.3 Å². The summed E-state index contributed by atoms with van der Waals surface area (Å²) in [5.41, 5.74) is 3.24. The average molecular weight is 365 g/mol. The van der Waals surface area contributed by atoms with Crippen LogP contribution < -0.4 is 20.1 Å². The van der Waals surface area contributed by atoms with E-state index in [9.17, 15) is 10.1 Å². The zero-order valence-electron chi connectivity index (χ0n) is 15.9. The summed E-state index contributed by atoms with van der Waals surface area (Å²) in [4.78, 5) is 12.6. The number of carbonyl (C=O) groups excluding carboxylic acids is 1. The summed E-state index contributed by atoms with van der Waals surface area (Å²) >= 11 is 0. The highest BCUT2D eigenvalue weighted by atomic mass is 16.5. The molecule has 2 aromatic carbocycles. The van der Waals surface area contributed by atoms with Crippen LogP contribution >= 0.6 is 0 Å². The fraction of sp³-hybridized carbons (Fsp3) is 0.238. The van der Waals surface area contributed by atoms with Crippen LogP contribution in [0.5, 0.6) is 11.5 Å². The second kappa shape index (κ2) is 9.30. The van der Waals surface area contributed by atoms with E-state index < -0.39 is 5.91 Å². The van der Waals surface area contributed by atoms with Gasteiger partial charge in [0.2, 0.25) is 0 Å². The van der Waals surface area contributed by atoms with Crippen LogP contribution in [-0.4, -0.2) is 20.1 Å². The molecule has 1 amide bonds. The third-order valence-electron chi connectivity index (χ3n) is 4.12. The van der Waals surface area contributed by atoms with Crippen molar-refractivity contribution in [1.82, 2.24) is 0 Å². The Balaban J connectivity index is 2.25. The monoisotopic (exact) mass is 365 g/mol. The Kier molecular flexibility index (Phi) is 6.84. The van der Waals surface area contributed by atoms with Gasteiger partial charge in [0, 0.05) is 18.0 Å². The number of hydrogen-bond acceptors (Lipinski definition) is 5. The molecule has 6 nitrogen and oxygen atoms in total. The van der Waals surface area contributed by atoms with Gasteiger partial charge in [0.25, 0.3) is 5.91 Å². The molecule has 6 heteroatoms. The van der Waals surface area contributed by atoms with Gasteiger partial charge in [-0.3, -0.25) is 4.79 Å². The standard InChI is InChI=1S/C21H23N3O3/c1-5-15-8-6-7-14(2)20(15)24-21(25)16(12-22)13-23-18-11-17(26-3)9-10-19(18)27-4/h6-11,13,23H,5H2,1-4H3,(H,24,25)/b16-13-. The fourth-order valence-electron chi connectivity index (χ4n) is 2.61. The van der Waals surface area contributed by atoms with Crippen molar-refractivity contribution in [2.24, 2.45) is 0 Å². The molecule has 0 aromatic heterocycles. The van der Waals surface area contributed by atoms with Gasteiger partial charge in [0.15, 0.2) is 0 Å². The lowest BCUT2D eigenvalue weighted by Crippen LogP contribution is -2.16. The smallest absolute Gasteiger partial charge is 0.267 e. The van der Waals surface area contributed by atoms with Crippen molar-refractivity contribution < 1.29 is 14.3 Å². The third kappa shape index (κ3) is 4.79. The van der Waals surface area contributed by atoms with Gasteiger partial charge in [-0.25, -0.2) is 0 Å². The second-order valence-electron chi connectivity index (χ2n) is 5.80. The lowest BCUT2D eigenvalue weighted by Gasteiger charge is -2.13. The summed E-state index contributed by atoms with van der Waals surface area (Å²) < 4.78 is 10.5. The molecule has 0 unspecified atom stereocenters. The highest BCUT2D eigenvalue weighted by Crippen LogP contribution is 2.29. The number of nitriles is 1. The number of amides is 1. The van der Waals surface area contributed by atoms with Crippen LogP contribution in [0.25, 0.3) is 0 Å². The van der Waals surface area contributed by atoms with Crippen molar-refractivity contribution in [2.75, 3.05) is 24.9 Å². The van der Waals surface area contributed by atoms with Gasteiger partial charge in [-0.2, -0.15) is 5.26 Å². The van der Waals surface area contributed by atoms with Gasteiger partial charge in [0.05, 0.1) is 19.9 Å². The first-order valence-corrected chi connectivity index (χ1v) is 8.52. The normalized spacial score (nSPS) is 10.7. The number of aryl methyl sites for hydroxylation is 2. The molecule has 2 rings (SSSR count). The van der Waals surface area contributed by atoms with Gasteiger partial charge in [-0.05, 0) is 36.6 Å². The molecule has 0 spiro atoms. The number of anilines is 2. The number of carbonyl (C=O) groups is 1. The quantitative estimate of drug-likeness (QED) is 0.572. The zero-order chi connectivity index (χ0) is 19.8. The molecule has 27 heavy (non-hydrogen) atoms. The molecular formula is C21H23N3O3. The lowest BCUT2D eigenvalue weighted by atomic mass is 10.1. The van der Waals surface area contributed by atoms with Crippen molar-refractivity contribution in [3.63, 3.8) is 0 Å². The molecule has 140 valence electrons. The highest BCUT2D eigenvalue weighted by Gasteiger charge is 2.13. The first-order valence-electron chi connectivity index (χ1n) is 8.52. The Morgan fingerprint density at radius 1 is 1.22 bits per heavy atom. The van der Waals surface area contributed by atoms with E-state index in [0.29, 0.717) is 17.2 Å². The van der Waals surface area contributed by atoms with Gasteiger partial charge >= 0.3 is 0 Å². The number of ether oxygens (including phenoxy) is 2. The molecule has 0 fully saturated rings. The second-order valence-corrected chi connectivity index (χ2v) is 5.80. The molecule has 2 N–H and O–H groups in total. The van der Waals surface area contributed by atoms with Crippen LogP contribution in [0.1, 0.15) is 18.1 Å². The van der Waals surface area contributed by atoms with E-state index in [4.69, 9.17) is 9.47 Å². The van der Waals surface area contributed by atoms with E-state index in [1.807, 2.05) is 38.1 Å². The Bertz CT molecular complexity index is 898. The van der Waals surface area contributed by atoms with Crippen molar-refractivity contribution in [1.29, 1.82) is 5.26 Å². The number of nitrogens with zero attached hydrogens (tertiary/aromatic N) is 1. The number of hydrogen-bond donors (Lipinski definition) is 2. The summed E-state index contributed by atoms with van der Waals surface area (Å²) in [6.07, 6.45) is 2.14. The molecule has 0 saturated heterocycles. The van der Waals surface area contributed by atoms with E-state index in [1.165, 1.54) is 6.20 Å². The minimum Gasteiger partial charge on any atom is -0.497 e. The van der Waals surface area contributed by atoms with Gasteiger partial charge in [-0.1, -0.05) is 25.1 Å². The van der Waals surface area contributed by atoms with E-state index >= 15 is 0 Å². The Hall–Kier alpha value is -3.46. The highest BCUT2D eigenvalue weighted by molar-refractivity contribution is 6.07. The maximum atomic E-state index is 12.6. The van der Waals surface area contributed by atoms with Crippen molar-refractivity contribution in [3.8, 4) is 17.6 Å². The molecule has 0 saturated carbocycles. The largest absolute Gasteiger partial charge is 0.497 e. The first kappa shape index (κ1) is 19.9. The Morgan fingerprint density at radius 3 is 2.63 bits per heavy atom. The van der Waals surface area contributed by atoms with Gasteiger partial charge in [-0.15, -0.1) is 0 Å². The molecule has 2 aromatic rings. The maximum Gasteiger partial charge on any atom is 0.267 e. The Labute approximate surface area is 159 Å². The molecule has 0 bridgehead atoms. The molecule has 0 heterocycles. The number of rotatable bonds is 7. The zero-order valence-corrected chi connectivity index (χ0v) is 15.9. The minimum atomic E-state index is -0.476. The minimum absolute atomic E-state index is 0.0508. The molecule has 0 aliphatic heterocycles. The third-order valence-corrected chi connectivity index (χ3v) is 4.12. The number of benzene rings is 2. The van der Waals surface area contributed by atoms with Crippen molar-refractivity contribution in [3.05, 3.63) is 59.3 Å². The summed E-state index contributed by atoms with van der Waals surface area (Å²) in [6, 6.07) is 13.0. The molecule has 0 aliphatic carbocycles. The maximum absolute atomic E-state index is 12.6. The van der Waals surface area contributed by atoms with E-state index in [0.717, 1.165) is 23.2 Å². The summed E-state index contributed by atoms with van der Waals surface area (Å²) in [5.74, 6) is 0.718. The number of nitrogens with one attached hydrogen (secondary N) is 2. The summed E-state index contributed by atoms with van der Waals surface area (Å²) in [5, 5.41) is 15.2. The number of para-hydroxylation sites is 1. The Morgan fingerprint density at radius 2 is 2.00 bits per heavy atom. The van der Waals surface area contributed by atoms with E-state index in [-0.39, 0.29) is 5.57 Å². The predicted molar refractivity (Wildman–Crippen MR) is 106 cm³/mol. The molecule has 0 aliphatic rings.